The van der Waals surface area contributed by atoms with E-state index in [1.165, 1.54) is 7.11 Å². The zero-order valence-electron chi connectivity index (χ0n) is 11.8. The van der Waals surface area contributed by atoms with Crippen LogP contribution in [0.5, 0.6) is 17.2 Å². The molecule has 0 unspecified atom stereocenters. The molecule has 1 atom stereocenters. The minimum Gasteiger partial charge on any atom is -0.508 e. The molecule has 2 aromatic carbocycles. The number of phenolic OH excluding ortho intramolecular Hbond substituents is 2. The fraction of sp³-hybridized carbons (Fsp3) is 0.294. The van der Waals surface area contributed by atoms with Gasteiger partial charge in [0.1, 0.15) is 5.75 Å². The third-order valence-electron chi connectivity index (χ3n) is 4.15. The molecule has 110 valence electrons. The van der Waals surface area contributed by atoms with E-state index < -0.39 is 0 Å². The maximum Gasteiger partial charge on any atom is 0.160 e. The predicted molar refractivity (Wildman–Crippen MR) is 79.9 cm³/mol. The molecule has 4 heteroatoms. The van der Waals surface area contributed by atoms with Gasteiger partial charge in [0.25, 0.3) is 0 Å². The Balaban J connectivity index is 2.26. The molecule has 3 rings (SSSR count). The molecule has 0 saturated heterocycles. The number of phenols is 2. The van der Waals surface area contributed by atoms with Crippen molar-refractivity contribution in [3.8, 4) is 28.4 Å². The van der Waals surface area contributed by atoms with Crippen LogP contribution in [0.2, 0.25) is 0 Å². The number of fused-ring (bicyclic) bond motifs is 3. The van der Waals surface area contributed by atoms with Crippen LogP contribution in [-0.4, -0.2) is 29.0 Å². The van der Waals surface area contributed by atoms with Gasteiger partial charge < -0.3 is 20.1 Å². The summed E-state index contributed by atoms with van der Waals surface area (Å²) in [4.78, 5) is 0. The lowest BCUT2D eigenvalue weighted by Gasteiger charge is -2.17. The van der Waals surface area contributed by atoms with Gasteiger partial charge in [-0.3, -0.25) is 0 Å². The first-order chi connectivity index (χ1) is 10.1. The molecule has 3 N–H and O–H groups in total. The molecule has 0 fully saturated rings. The maximum atomic E-state index is 10.1. The van der Waals surface area contributed by atoms with Crippen LogP contribution >= 0.6 is 0 Å². The molecular formula is C17H18O4. The highest BCUT2D eigenvalue weighted by Crippen LogP contribution is 2.43. The SMILES string of the molecule is COc1cc2c(cc1O)-c1ccc(O)cc1CC[C@H]2CO. The molecule has 21 heavy (non-hydrogen) atoms. The molecule has 1 aliphatic rings. The second-order valence-electron chi connectivity index (χ2n) is 5.37. The first-order valence-electron chi connectivity index (χ1n) is 6.98. The van der Waals surface area contributed by atoms with Crippen molar-refractivity contribution < 1.29 is 20.1 Å². The van der Waals surface area contributed by atoms with Crippen LogP contribution in [-0.2, 0) is 6.42 Å². The van der Waals surface area contributed by atoms with Crippen molar-refractivity contribution in [2.24, 2.45) is 0 Å². The van der Waals surface area contributed by atoms with Crippen molar-refractivity contribution >= 4 is 0 Å². The normalized spacial score (nSPS) is 16.8. The quantitative estimate of drug-likeness (QED) is 0.794. The van der Waals surface area contributed by atoms with Gasteiger partial charge in [0.2, 0.25) is 0 Å². The number of benzene rings is 2. The van der Waals surface area contributed by atoms with E-state index in [0.29, 0.717) is 5.75 Å². The van der Waals surface area contributed by atoms with Crippen LogP contribution in [0, 0.1) is 0 Å². The van der Waals surface area contributed by atoms with Gasteiger partial charge >= 0.3 is 0 Å². The number of ether oxygens (including phenoxy) is 1. The minimum atomic E-state index is -0.0101. The van der Waals surface area contributed by atoms with Crippen LogP contribution in [0.15, 0.2) is 30.3 Å². The van der Waals surface area contributed by atoms with Gasteiger partial charge in [-0.15, -0.1) is 0 Å². The Hall–Kier alpha value is -2.20. The molecule has 0 radical (unpaired) electrons. The summed E-state index contributed by atoms with van der Waals surface area (Å²) < 4.78 is 5.18. The van der Waals surface area contributed by atoms with E-state index in [2.05, 4.69) is 0 Å². The Morgan fingerprint density at radius 1 is 1.14 bits per heavy atom. The minimum absolute atomic E-state index is 0.0101. The van der Waals surface area contributed by atoms with E-state index in [0.717, 1.165) is 35.1 Å². The lowest BCUT2D eigenvalue weighted by atomic mass is 9.91. The average Bonchev–Trinajstić information content (AvgIpc) is 2.62. The molecule has 0 amide bonds. The number of aromatic hydroxyl groups is 2. The van der Waals surface area contributed by atoms with Gasteiger partial charge in [0.05, 0.1) is 7.11 Å². The molecule has 1 aliphatic carbocycles. The highest BCUT2D eigenvalue weighted by atomic mass is 16.5. The topological polar surface area (TPSA) is 69.9 Å². The summed E-state index contributed by atoms with van der Waals surface area (Å²) in [6.07, 6.45) is 1.56. The number of hydrogen-bond acceptors (Lipinski definition) is 4. The Bertz CT molecular complexity index is 679. The summed E-state index contributed by atoms with van der Waals surface area (Å²) in [5, 5.41) is 29.4. The van der Waals surface area contributed by atoms with Crippen molar-refractivity contribution in [1.29, 1.82) is 0 Å². The standard InChI is InChI=1S/C17H18O4/c1-21-17-8-14-11(9-18)3-2-10-6-12(19)4-5-13(10)15(14)7-16(17)20/h4-8,11,18-20H,2-3,9H2,1H3/t11-/m0/s1. The van der Waals surface area contributed by atoms with E-state index in [9.17, 15) is 15.3 Å². The fourth-order valence-electron chi connectivity index (χ4n) is 3.04. The Kier molecular flexibility index (Phi) is 3.47. The number of hydrogen-bond donors (Lipinski definition) is 3. The number of methoxy groups -OCH3 is 1. The molecule has 0 heterocycles. The predicted octanol–water partition coefficient (Wildman–Crippen LogP) is 2.80. The fourth-order valence-corrected chi connectivity index (χ4v) is 3.04. The molecule has 0 spiro atoms. The summed E-state index contributed by atoms with van der Waals surface area (Å²) >= 11 is 0. The molecule has 0 bridgehead atoms. The summed E-state index contributed by atoms with van der Waals surface area (Å²) in [6.45, 7) is 0.0426. The van der Waals surface area contributed by atoms with Gasteiger partial charge in [0, 0.05) is 12.5 Å². The lowest BCUT2D eigenvalue weighted by molar-refractivity contribution is 0.259. The van der Waals surface area contributed by atoms with Crippen molar-refractivity contribution in [3.63, 3.8) is 0 Å². The first kappa shape index (κ1) is 13.8. The number of aryl methyl sites for hydroxylation is 1. The van der Waals surface area contributed by atoms with E-state index in [-0.39, 0.29) is 24.0 Å². The van der Waals surface area contributed by atoms with Crippen LogP contribution < -0.4 is 4.74 Å². The summed E-state index contributed by atoms with van der Waals surface area (Å²) in [5.41, 5.74) is 3.87. The van der Waals surface area contributed by atoms with Crippen molar-refractivity contribution in [2.45, 2.75) is 18.8 Å². The number of rotatable bonds is 2. The highest BCUT2D eigenvalue weighted by molar-refractivity contribution is 5.76. The van der Waals surface area contributed by atoms with Crippen LogP contribution in [0.25, 0.3) is 11.1 Å². The van der Waals surface area contributed by atoms with Gasteiger partial charge in [-0.1, -0.05) is 6.07 Å². The zero-order chi connectivity index (χ0) is 15.0. The van der Waals surface area contributed by atoms with Gasteiger partial charge in [-0.05, 0) is 59.4 Å². The van der Waals surface area contributed by atoms with E-state index in [4.69, 9.17) is 4.74 Å². The highest BCUT2D eigenvalue weighted by Gasteiger charge is 2.24. The summed E-state index contributed by atoms with van der Waals surface area (Å²) in [6, 6.07) is 8.73. The molecule has 0 saturated carbocycles. The Morgan fingerprint density at radius 2 is 1.95 bits per heavy atom. The van der Waals surface area contributed by atoms with Crippen LogP contribution in [0.1, 0.15) is 23.5 Å². The van der Waals surface area contributed by atoms with Crippen molar-refractivity contribution in [3.05, 3.63) is 41.5 Å². The Labute approximate surface area is 123 Å². The molecule has 2 aromatic rings. The second kappa shape index (κ2) is 5.30. The van der Waals surface area contributed by atoms with E-state index in [1.807, 2.05) is 6.07 Å². The van der Waals surface area contributed by atoms with Crippen molar-refractivity contribution in [2.75, 3.05) is 13.7 Å². The monoisotopic (exact) mass is 286 g/mol. The van der Waals surface area contributed by atoms with E-state index >= 15 is 0 Å². The van der Waals surface area contributed by atoms with Crippen molar-refractivity contribution in [1.82, 2.24) is 0 Å². The average molecular weight is 286 g/mol. The summed E-state index contributed by atoms with van der Waals surface area (Å²) in [5.74, 6) is 0.711. The molecular weight excluding hydrogens is 268 g/mol. The summed E-state index contributed by atoms with van der Waals surface area (Å²) in [7, 11) is 1.51. The lowest BCUT2D eigenvalue weighted by Crippen LogP contribution is -2.05. The third-order valence-corrected chi connectivity index (χ3v) is 4.15. The number of aliphatic hydroxyl groups is 1. The Morgan fingerprint density at radius 3 is 2.67 bits per heavy atom. The molecule has 4 nitrogen and oxygen atoms in total. The largest absolute Gasteiger partial charge is 0.508 e. The van der Waals surface area contributed by atoms with Gasteiger partial charge in [-0.2, -0.15) is 0 Å². The third kappa shape index (κ3) is 2.32. The maximum absolute atomic E-state index is 10.1. The van der Waals surface area contributed by atoms with Gasteiger partial charge in [-0.25, -0.2) is 0 Å². The van der Waals surface area contributed by atoms with Crippen LogP contribution in [0.3, 0.4) is 0 Å². The second-order valence-corrected chi connectivity index (χ2v) is 5.37. The number of aliphatic hydroxyl groups excluding tert-OH is 1. The van der Waals surface area contributed by atoms with Crippen LogP contribution in [0.4, 0.5) is 0 Å². The molecule has 0 aromatic heterocycles. The van der Waals surface area contributed by atoms with Gasteiger partial charge in [0.15, 0.2) is 11.5 Å². The zero-order valence-corrected chi connectivity index (χ0v) is 11.8. The first-order valence-corrected chi connectivity index (χ1v) is 6.98. The van der Waals surface area contributed by atoms with E-state index in [1.54, 1.807) is 24.3 Å². The smallest absolute Gasteiger partial charge is 0.160 e. The molecule has 0 aliphatic heterocycles.